The van der Waals surface area contributed by atoms with E-state index in [9.17, 15) is 0 Å². The first-order valence-electron chi connectivity index (χ1n) is 6.26. The van der Waals surface area contributed by atoms with Gasteiger partial charge in [-0.25, -0.2) is 0 Å². The lowest BCUT2D eigenvalue weighted by Crippen LogP contribution is -2.07. The van der Waals surface area contributed by atoms with Gasteiger partial charge in [-0.1, -0.05) is 24.6 Å². The van der Waals surface area contributed by atoms with Gasteiger partial charge in [0.15, 0.2) is 0 Å². The van der Waals surface area contributed by atoms with Gasteiger partial charge in [-0.3, -0.25) is 0 Å². The summed E-state index contributed by atoms with van der Waals surface area (Å²) in [6, 6.07) is 5.73. The molecule has 0 fully saturated rings. The Labute approximate surface area is 122 Å². The number of nitrogens with one attached hydrogen (secondary N) is 1. The van der Waals surface area contributed by atoms with E-state index in [0.717, 1.165) is 17.7 Å². The molecule has 1 heterocycles. The van der Waals surface area contributed by atoms with Crippen molar-refractivity contribution in [3.8, 4) is 6.01 Å². The van der Waals surface area contributed by atoms with Crippen LogP contribution in [0.5, 0.6) is 6.01 Å². The Bertz CT molecular complexity index is 605. The van der Waals surface area contributed by atoms with Crippen LogP contribution >= 0.6 is 11.6 Å². The summed E-state index contributed by atoms with van der Waals surface area (Å²) < 4.78 is 5.36. The van der Waals surface area contributed by atoms with E-state index in [2.05, 4.69) is 20.3 Å². The third-order valence-electron chi connectivity index (χ3n) is 2.51. The van der Waals surface area contributed by atoms with Gasteiger partial charge in [-0.05, 0) is 31.0 Å². The van der Waals surface area contributed by atoms with Gasteiger partial charge in [-0.15, -0.1) is 0 Å². The number of aryl methyl sites for hydroxylation is 1. The molecular formula is C13H16ClN5O. The normalized spacial score (nSPS) is 10.3. The van der Waals surface area contributed by atoms with E-state index < -0.39 is 0 Å². The summed E-state index contributed by atoms with van der Waals surface area (Å²) in [7, 11) is 0. The minimum absolute atomic E-state index is 0.105. The lowest BCUT2D eigenvalue weighted by molar-refractivity contribution is 0.292. The third kappa shape index (κ3) is 3.71. The fourth-order valence-electron chi connectivity index (χ4n) is 1.54. The van der Waals surface area contributed by atoms with Crippen LogP contribution in [0.2, 0.25) is 5.02 Å². The number of benzene rings is 1. The molecule has 0 unspecified atom stereocenters. The molecule has 7 heteroatoms. The van der Waals surface area contributed by atoms with Gasteiger partial charge < -0.3 is 15.8 Å². The van der Waals surface area contributed by atoms with Crippen LogP contribution in [0.25, 0.3) is 0 Å². The maximum absolute atomic E-state index is 5.97. The smallest absolute Gasteiger partial charge is 0.323 e. The van der Waals surface area contributed by atoms with E-state index in [-0.39, 0.29) is 12.0 Å². The second-order valence-electron chi connectivity index (χ2n) is 4.23. The molecule has 2 aromatic rings. The van der Waals surface area contributed by atoms with E-state index in [1.807, 2.05) is 26.0 Å². The highest BCUT2D eigenvalue weighted by Gasteiger charge is 2.07. The molecule has 0 aliphatic carbocycles. The molecule has 1 aromatic carbocycles. The summed E-state index contributed by atoms with van der Waals surface area (Å²) in [6.45, 7) is 4.48. The highest BCUT2D eigenvalue weighted by molar-refractivity contribution is 6.30. The summed E-state index contributed by atoms with van der Waals surface area (Å²) in [5, 5.41) is 3.69. The van der Waals surface area contributed by atoms with Gasteiger partial charge in [0, 0.05) is 10.7 Å². The zero-order valence-electron chi connectivity index (χ0n) is 11.4. The van der Waals surface area contributed by atoms with Crippen LogP contribution in [-0.4, -0.2) is 21.6 Å². The Morgan fingerprint density at radius 2 is 2.10 bits per heavy atom. The number of anilines is 3. The molecule has 0 spiro atoms. The molecule has 2 rings (SSSR count). The van der Waals surface area contributed by atoms with Gasteiger partial charge >= 0.3 is 6.01 Å². The molecule has 0 aliphatic rings. The molecule has 20 heavy (non-hydrogen) atoms. The van der Waals surface area contributed by atoms with Crippen molar-refractivity contribution in [2.75, 3.05) is 17.7 Å². The van der Waals surface area contributed by atoms with Crippen molar-refractivity contribution in [1.82, 2.24) is 15.0 Å². The van der Waals surface area contributed by atoms with E-state index in [0.29, 0.717) is 17.6 Å². The predicted molar refractivity (Wildman–Crippen MR) is 79.5 cm³/mol. The van der Waals surface area contributed by atoms with Crippen LogP contribution in [0.1, 0.15) is 18.9 Å². The molecule has 0 saturated heterocycles. The molecule has 3 N–H and O–H groups in total. The molecule has 6 nitrogen and oxygen atoms in total. The van der Waals surface area contributed by atoms with Crippen molar-refractivity contribution in [1.29, 1.82) is 0 Å². The van der Waals surface area contributed by atoms with Crippen molar-refractivity contribution in [2.45, 2.75) is 20.3 Å². The van der Waals surface area contributed by atoms with Crippen LogP contribution in [0.15, 0.2) is 18.2 Å². The summed E-state index contributed by atoms with van der Waals surface area (Å²) in [6.07, 6.45) is 0.863. The maximum Gasteiger partial charge on any atom is 0.323 e. The first-order chi connectivity index (χ1) is 9.58. The number of hydrogen-bond donors (Lipinski definition) is 2. The molecule has 0 atom stereocenters. The number of rotatable bonds is 5. The molecule has 0 saturated carbocycles. The number of hydrogen-bond acceptors (Lipinski definition) is 6. The Morgan fingerprint density at radius 3 is 2.85 bits per heavy atom. The molecule has 0 bridgehead atoms. The molecule has 0 amide bonds. The Morgan fingerprint density at radius 1 is 1.30 bits per heavy atom. The molecule has 0 aliphatic heterocycles. The lowest BCUT2D eigenvalue weighted by atomic mass is 10.2. The summed E-state index contributed by atoms with van der Waals surface area (Å²) in [5.41, 5.74) is 7.47. The van der Waals surface area contributed by atoms with Crippen molar-refractivity contribution in [3.63, 3.8) is 0 Å². The van der Waals surface area contributed by atoms with Crippen LogP contribution in [-0.2, 0) is 0 Å². The zero-order chi connectivity index (χ0) is 14.5. The molecule has 106 valence electrons. The Kier molecular flexibility index (Phi) is 4.57. The van der Waals surface area contributed by atoms with E-state index >= 15 is 0 Å². The standard InChI is InChI=1S/C13H16ClN5O/c1-3-6-20-13-18-11(15)17-12(19-13)16-10-7-9(14)5-4-8(10)2/h4-5,7H,3,6H2,1-2H3,(H3,15,16,17,18,19). The van der Waals surface area contributed by atoms with Gasteiger partial charge in [-0.2, -0.15) is 15.0 Å². The SMILES string of the molecule is CCCOc1nc(N)nc(Nc2cc(Cl)ccc2C)n1. The fraction of sp³-hybridized carbons (Fsp3) is 0.308. The highest BCUT2D eigenvalue weighted by Crippen LogP contribution is 2.23. The largest absolute Gasteiger partial charge is 0.463 e. The summed E-state index contributed by atoms with van der Waals surface area (Å²) in [4.78, 5) is 12.1. The molecule has 0 radical (unpaired) electrons. The van der Waals surface area contributed by atoms with Gasteiger partial charge in [0.05, 0.1) is 6.61 Å². The minimum atomic E-state index is 0.105. The average molecular weight is 294 g/mol. The van der Waals surface area contributed by atoms with Gasteiger partial charge in [0.2, 0.25) is 11.9 Å². The lowest BCUT2D eigenvalue weighted by Gasteiger charge is -2.10. The topological polar surface area (TPSA) is 86.0 Å². The Balaban J connectivity index is 2.24. The van der Waals surface area contributed by atoms with Gasteiger partial charge in [0.25, 0.3) is 0 Å². The number of halogens is 1. The zero-order valence-corrected chi connectivity index (χ0v) is 12.1. The van der Waals surface area contributed by atoms with Crippen LogP contribution in [0, 0.1) is 6.92 Å². The number of nitrogens with two attached hydrogens (primary N) is 1. The van der Waals surface area contributed by atoms with E-state index in [1.54, 1.807) is 6.07 Å². The summed E-state index contributed by atoms with van der Waals surface area (Å²) >= 11 is 5.97. The number of ether oxygens (including phenoxy) is 1. The second-order valence-corrected chi connectivity index (χ2v) is 4.67. The number of nitrogens with zero attached hydrogens (tertiary/aromatic N) is 3. The van der Waals surface area contributed by atoms with Crippen molar-refractivity contribution in [2.24, 2.45) is 0 Å². The fourth-order valence-corrected chi connectivity index (χ4v) is 1.71. The van der Waals surface area contributed by atoms with E-state index in [4.69, 9.17) is 22.1 Å². The maximum atomic E-state index is 5.97. The molecule has 1 aromatic heterocycles. The van der Waals surface area contributed by atoms with Crippen molar-refractivity contribution < 1.29 is 4.74 Å². The van der Waals surface area contributed by atoms with Gasteiger partial charge in [0.1, 0.15) is 0 Å². The average Bonchev–Trinajstić information content (AvgIpc) is 2.40. The first kappa shape index (κ1) is 14.3. The predicted octanol–water partition coefficient (Wildman–Crippen LogP) is 2.95. The van der Waals surface area contributed by atoms with Crippen LogP contribution in [0.4, 0.5) is 17.6 Å². The van der Waals surface area contributed by atoms with Crippen LogP contribution < -0.4 is 15.8 Å². The van der Waals surface area contributed by atoms with Crippen molar-refractivity contribution in [3.05, 3.63) is 28.8 Å². The van der Waals surface area contributed by atoms with E-state index in [1.165, 1.54) is 0 Å². The minimum Gasteiger partial charge on any atom is -0.463 e. The summed E-state index contributed by atoms with van der Waals surface area (Å²) in [5.74, 6) is 0.433. The monoisotopic (exact) mass is 293 g/mol. The first-order valence-corrected chi connectivity index (χ1v) is 6.64. The number of aromatic nitrogens is 3. The van der Waals surface area contributed by atoms with Crippen LogP contribution in [0.3, 0.4) is 0 Å². The quantitative estimate of drug-likeness (QED) is 0.881. The Hall–Kier alpha value is -2.08. The highest BCUT2D eigenvalue weighted by atomic mass is 35.5. The second kappa shape index (κ2) is 6.38. The number of nitrogen functional groups attached to an aromatic ring is 1. The third-order valence-corrected chi connectivity index (χ3v) is 2.75. The molecular weight excluding hydrogens is 278 g/mol. The van der Waals surface area contributed by atoms with Crippen molar-refractivity contribution >= 4 is 29.2 Å².